The first-order chi connectivity index (χ1) is 12.6. The fourth-order valence-corrected chi connectivity index (χ4v) is 2.80. The van der Waals surface area contributed by atoms with Crippen LogP contribution in [-0.2, 0) is 4.74 Å². The number of amides is 1. The van der Waals surface area contributed by atoms with E-state index in [4.69, 9.17) is 25.8 Å². The number of nitrogens with one attached hydrogen (secondary N) is 1. The topological polar surface area (TPSA) is 85.8 Å². The number of rotatable bonds is 5. The Morgan fingerprint density at radius 3 is 2.58 bits per heavy atom. The van der Waals surface area contributed by atoms with Crippen LogP contribution in [0, 0.1) is 0 Å². The molecule has 1 aromatic heterocycles. The summed E-state index contributed by atoms with van der Waals surface area (Å²) in [4.78, 5) is 22.5. The van der Waals surface area contributed by atoms with Gasteiger partial charge in [0.15, 0.2) is 0 Å². The number of anilines is 2. The van der Waals surface area contributed by atoms with Crippen LogP contribution >= 0.6 is 11.6 Å². The molecule has 0 radical (unpaired) electrons. The van der Waals surface area contributed by atoms with E-state index in [0.29, 0.717) is 60.0 Å². The molecular formula is C17H19ClN4O4. The lowest BCUT2D eigenvalue weighted by molar-refractivity contribution is 0.0299. The van der Waals surface area contributed by atoms with Gasteiger partial charge in [-0.3, -0.25) is 4.79 Å². The minimum absolute atomic E-state index is 0.153. The quantitative estimate of drug-likeness (QED) is 0.854. The van der Waals surface area contributed by atoms with Gasteiger partial charge in [-0.1, -0.05) is 11.6 Å². The Kier molecular flexibility index (Phi) is 5.75. The van der Waals surface area contributed by atoms with Crippen molar-refractivity contribution in [1.29, 1.82) is 0 Å². The van der Waals surface area contributed by atoms with E-state index in [1.165, 1.54) is 20.5 Å². The summed E-state index contributed by atoms with van der Waals surface area (Å²) in [6.45, 7) is 2.16. The summed E-state index contributed by atoms with van der Waals surface area (Å²) < 4.78 is 15.8. The number of aromatic nitrogens is 2. The number of morpholine rings is 1. The predicted molar refractivity (Wildman–Crippen MR) is 96.6 cm³/mol. The van der Waals surface area contributed by atoms with Crippen molar-refractivity contribution in [2.45, 2.75) is 0 Å². The van der Waals surface area contributed by atoms with Gasteiger partial charge in [0.25, 0.3) is 5.91 Å². The lowest BCUT2D eigenvalue weighted by Crippen LogP contribution is -2.41. The standard InChI is InChI=1S/C17H19ClN4O4/c1-24-14-8-12(15(25-2)7-11(14)18)21-16-9-13(19-10-20-16)17(23)22-3-5-26-6-4-22/h7-10H,3-6H2,1-2H3,(H,19,20,21). The average molecular weight is 379 g/mol. The molecule has 9 heteroatoms. The molecule has 1 aliphatic rings. The number of methoxy groups -OCH3 is 2. The molecule has 2 aromatic rings. The van der Waals surface area contributed by atoms with Gasteiger partial charge in [-0.15, -0.1) is 0 Å². The lowest BCUT2D eigenvalue weighted by atomic mass is 10.2. The molecule has 0 unspecified atom stereocenters. The summed E-state index contributed by atoms with van der Waals surface area (Å²) in [5.41, 5.74) is 0.918. The summed E-state index contributed by atoms with van der Waals surface area (Å²) in [6, 6.07) is 4.94. The van der Waals surface area contributed by atoms with Gasteiger partial charge >= 0.3 is 0 Å². The second kappa shape index (κ2) is 8.20. The van der Waals surface area contributed by atoms with Crippen molar-refractivity contribution in [3.63, 3.8) is 0 Å². The fraction of sp³-hybridized carbons (Fsp3) is 0.353. The molecule has 1 fully saturated rings. The summed E-state index contributed by atoms with van der Waals surface area (Å²) in [5, 5.41) is 3.54. The van der Waals surface area contributed by atoms with Crippen LogP contribution in [-0.4, -0.2) is 61.3 Å². The monoisotopic (exact) mass is 378 g/mol. The van der Waals surface area contributed by atoms with Crippen LogP contribution in [0.5, 0.6) is 11.5 Å². The van der Waals surface area contributed by atoms with Crippen LogP contribution < -0.4 is 14.8 Å². The van der Waals surface area contributed by atoms with Crippen molar-refractivity contribution in [3.05, 3.63) is 35.2 Å². The Bertz CT molecular complexity index is 796. The van der Waals surface area contributed by atoms with Crippen LogP contribution in [0.3, 0.4) is 0 Å². The van der Waals surface area contributed by atoms with Gasteiger partial charge in [0.2, 0.25) is 0 Å². The predicted octanol–water partition coefficient (Wildman–Crippen LogP) is 2.36. The van der Waals surface area contributed by atoms with Crippen molar-refractivity contribution >= 4 is 29.0 Å². The Labute approximate surface area is 156 Å². The molecule has 0 atom stereocenters. The van der Waals surface area contributed by atoms with Crippen LogP contribution in [0.4, 0.5) is 11.5 Å². The maximum absolute atomic E-state index is 12.6. The first-order valence-electron chi connectivity index (χ1n) is 8.00. The minimum atomic E-state index is -0.153. The Balaban J connectivity index is 1.84. The summed E-state index contributed by atoms with van der Waals surface area (Å²) >= 11 is 6.12. The number of ether oxygens (including phenoxy) is 3. The highest BCUT2D eigenvalue weighted by molar-refractivity contribution is 6.32. The number of nitrogens with zero attached hydrogens (tertiary/aromatic N) is 3. The SMILES string of the molecule is COc1cc(Nc2cc(C(=O)N3CCOCC3)ncn2)c(OC)cc1Cl. The molecule has 138 valence electrons. The van der Waals surface area contributed by atoms with E-state index in [2.05, 4.69) is 15.3 Å². The molecule has 2 heterocycles. The second-order valence-corrected chi connectivity index (χ2v) is 5.91. The zero-order chi connectivity index (χ0) is 18.5. The third-order valence-electron chi connectivity index (χ3n) is 3.92. The molecule has 8 nitrogen and oxygen atoms in total. The number of hydrogen-bond donors (Lipinski definition) is 1. The van der Waals surface area contributed by atoms with E-state index in [1.54, 1.807) is 23.1 Å². The van der Waals surface area contributed by atoms with Gasteiger partial charge in [-0.05, 0) is 0 Å². The van der Waals surface area contributed by atoms with Crippen molar-refractivity contribution in [2.24, 2.45) is 0 Å². The number of hydrogen-bond acceptors (Lipinski definition) is 7. The van der Waals surface area contributed by atoms with Crippen LogP contribution in [0.1, 0.15) is 10.5 Å². The minimum Gasteiger partial charge on any atom is -0.495 e. The highest BCUT2D eigenvalue weighted by atomic mass is 35.5. The number of carbonyl (C=O) groups is 1. The van der Waals surface area contributed by atoms with Crippen molar-refractivity contribution in [2.75, 3.05) is 45.8 Å². The van der Waals surface area contributed by atoms with Crippen LogP contribution in [0.2, 0.25) is 5.02 Å². The molecule has 1 amide bonds. The molecule has 1 saturated heterocycles. The molecule has 1 N–H and O–H groups in total. The van der Waals surface area contributed by atoms with Gasteiger partial charge in [0, 0.05) is 31.3 Å². The highest BCUT2D eigenvalue weighted by Crippen LogP contribution is 2.37. The summed E-state index contributed by atoms with van der Waals surface area (Å²) in [7, 11) is 3.07. The fourth-order valence-electron chi connectivity index (χ4n) is 2.57. The molecule has 0 spiro atoms. The van der Waals surface area contributed by atoms with Crippen LogP contribution in [0.15, 0.2) is 24.5 Å². The van der Waals surface area contributed by atoms with E-state index in [9.17, 15) is 4.79 Å². The van der Waals surface area contributed by atoms with Gasteiger partial charge in [-0.2, -0.15) is 0 Å². The molecule has 26 heavy (non-hydrogen) atoms. The van der Waals surface area contributed by atoms with E-state index >= 15 is 0 Å². The van der Waals surface area contributed by atoms with E-state index in [1.807, 2.05) is 0 Å². The number of benzene rings is 1. The number of carbonyl (C=O) groups excluding carboxylic acids is 1. The maximum Gasteiger partial charge on any atom is 0.272 e. The largest absolute Gasteiger partial charge is 0.495 e. The molecular weight excluding hydrogens is 360 g/mol. The lowest BCUT2D eigenvalue weighted by Gasteiger charge is -2.26. The zero-order valence-electron chi connectivity index (χ0n) is 14.5. The Morgan fingerprint density at radius 2 is 1.88 bits per heavy atom. The highest BCUT2D eigenvalue weighted by Gasteiger charge is 2.20. The van der Waals surface area contributed by atoms with E-state index in [-0.39, 0.29) is 5.91 Å². The molecule has 1 aromatic carbocycles. The third kappa shape index (κ3) is 3.97. The summed E-state index contributed by atoms with van der Waals surface area (Å²) in [6.07, 6.45) is 1.34. The van der Waals surface area contributed by atoms with Gasteiger partial charge in [0.05, 0.1) is 38.1 Å². The molecule has 0 bridgehead atoms. The van der Waals surface area contributed by atoms with Gasteiger partial charge in [0.1, 0.15) is 29.3 Å². The number of halogens is 1. The molecule has 0 aliphatic carbocycles. The van der Waals surface area contributed by atoms with E-state index in [0.717, 1.165) is 0 Å². The Morgan fingerprint density at radius 1 is 1.15 bits per heavy atom. The van der Waals surface area contributed by atoms with Gasteiger partial charge in [-0.25, -0.2) is 9.97 Å². The molecule has 0 saturated carbocycles. The first-order valence-corrected chi connectivity index (χ1v) is 8.37. The van der Waals surface area contributed by atoms with Gasteiger partial charge < -0.3 is 24.4 Å². The van der Waals surface area contributed by atoms with Crippen molar-refractivity contribution in [3.8, 4) is 11.5 Å². The zero-order valence-corrected chi connectivity index (χ0v) is 15.2. The third-order valence-corrected chi connectivity index (χ3v) is 4.22. The second-order valence-electron chi connectivity index (χ2n) is 5.51. The smallest absolute Gasteiger partial charge is 0.272 e. The maximum atomic E-state index is 12.6. The first kappa shape index (κ1) is 18.2. The summed E-state index contributed by atoms with van der Waals surface area (Å²) in [5.74, 6) is 1.32. The molecule has 1 aliphatic heterocycles. The normalized spacial score (nSPS) is 14.0. The van der Waals surface area contributed by atoms with Crippen LogP contribution in [0.25, 0.3) is 0 Å². The Hall–Kier alpha value is -2.58. The van der Waals surface area contributed by atoms with Crippen molar-refractivity contribution in [1.82, 2.24) is 14.9 Å². The van der Waals surface area contributed by atoms with E-state index < -0.39 is 0 Å². The average Bonchev–Trinajstić information content (AvgIpc) is 2.69. The van der Waals surface area contributed by atoms with Crippen molar-refractivity contribution < 1.29 is 19.0 Å². The molecule has 3 rings (SSSR count).